The zero-order valence-corrected chi connectivity index (χ0v) is 17.1. The van der Waals surface area contributed by atoms with E-state index in [1.165, 1.54) is 24.0 Å². The van der Waals surface area contributed by atoms with Crippen molar-refractivity contribution in [2.45, 2.75) is 32.2 Å². The molecule has 1 N–H and O–H groups in total. The molecule has 0 saturated carbocycles. The van der Waals surface area contributed by atoms with E-state index in [0.717, 1.165) is 25.2 Å². The van der Waals surface area contributed by atoms with E-state index in [1.807, 2.05) is 12.1 Å². The Bertz CT molecular complexity index is 858. The number of carbonyl (C=O) groups is 1. The molecule has 0 unspecified atom stereocenters. The van der Waals surface area contributed by atoms with Crippen molar-refractivity contribution in [3.63, 3.8) is 0 Å². The molecule has 2 aromatic carbocycles. The van der Waals surface area contributed by atoms with Crippen LogP contribution in [0.4, 0.5) is 11.4 Å². The highest BCUT2D eigenvalue weighted by molar-refractivity contribution is 7.92. The van der Waals surface area contributed by atoms with Gasteiger partial charge in [-0.1, -0.05) is 26.0 Å². The zero-order valence-electron chi connectivity index (χ0n) is 16.3. The molecule has 0 fully saturated rings. The van der Waals surface area contributed by atoms with Crippen LogP contribution in [0.25, 0.3) is 0 Å². The van der Waals surface area contributed by atoms with Gasteiger partial charge in [-0.2, -0.15) is 0 Å². The summed E-state index contributed by atoms with van der Waals surface area (Å²) in [6.45, 7) is 8.47. The Morgan fingerprint density at radius 2 is 1.52 bits per heavy atom. The molecule has 0 aliphatic heterocycles. The number of rotatable bonds is 8. The molecular formula is C20H27N3O3S. The van der Waals surface area contributed by atoms with Crippen molar-refractivity contribution in [3.8, 4) is 0 Å². The lowest BCUT2D eigenvalue weighted by atomic mass is 10.2. The van der Waals surface area contributed by atoms with E-state index >= 15 is 0 Å². The van der Waals surface area contributed by atoms with Crippen molar-refractivity contribution in [3.05, 3.63) is 54.1 Å². The number of nitrogens with one attached hydrogen (secondary N) is 1. The lowest BCUT2D eigenvalue weighted by molar-refractivity contribution is -0.116. The second-order valence-electron chi connectivity index (χ2n) is 6.34. The molecule has 7 heteroatoms. The molecule has 2 aromatic rings. The molecule has 0 aromatic heterocycles. The van der Waals surface area contributed by atoms with Crippen molar-refractivity contribution >= 4 is 27.3 Å². The molecule has 2 rings (SSSR count). The second-order valence-corrected chi connectivity index (χ2v) is 8.02. The van der Waals surface area contributed by atoms with Crippen LogP contribution in [0.5, 0.6) is 0 Å². The van der Waals surface area contributed by atoms with Gasteiger partial charge in [0.25, 0.3) is 10.0 Å². The molecule has 0 bridgehead atoms. The molecule has 0 spiro atoms. The molecule has 0 saturated heterocycles. The van der Waals surface area contributed by atoms with Gasteiger partial charge in [-0.3, -0.25) is 14.4 Å². The molecule has 27 heavy (non-hydrogen) atoms. The quantitative estimate of drug-likeness (QED) is 0.752. The van der Waals surface area contributed by atoms with E-state index in [0.29, 0.717) is 11.4 Å². The summed E-state index contributed by atoms with van der Waals surface area (Å²) >= 11 is 0. The molecule has 1 amide bonds. The van der Waals surface area contributed by atoms with Crippen LogP contribution >= 0.6 is 0 Å². The van der Waals surface area contributed by atoms with Gasteiger partial charge in [-0.25, -0.2) is 8.42 Å². The van der Waals surface area contributed by atoms with Crippen molar-refractivity contribution in [1.82, 2.24) is 4.90 Å². The first-order chi connectivity index (χ1) is 12.8. The van der Waals surface area contributed by atoms with Gasteiger partial charge in [-0.05, 0) is 55.1 Å². The first-order valence-electron chi connectivity index (χ1n) is 8.95. The molecule has 0 aliphatic rings. The maximum atomic E-state index is 12.6. The summed E-state index contributed by atoms with van der Waals surface area (Å²) in [5.41, 5.74) is 2.30. The predicted octanol–water partition coefficient (Wildman–Crippen LogP) is 3.31. The first kappa shape index (κ1) is 20.9. The molecule has 0 heterocycles. The highest BCUT2D eigenvalue weighted by atomic mass is 32.2. The largest absolute Gasteiger partial charge is 0.316 e. The zero-order chi connectivity index (χ0) is 20.0. The summed E-state index contributed by atoms with van der Waals surface area (Å²) in [6, 6.07) is 13.6. The molecule has 6 nitrogen and oxygen atoms in total. The monoisotopic (exact) mass is 389 g/mol. The normalized spacial score (nSPS) is 11.4. The molecular weight excluding hydrogens is 362 g/mol. The highest BCUT2D eigenvalue weighted by Gasteiger charge is 2.15. The summed E-state index contributed by atoms with van der Waals surface area (Å²) in [5, 5.41) is 0. The lowest BCUT2D eigenvalue weighted by Gasteiger charge is -2.18. The Labute approximate surface area is 161 Å². The van der Waals surface area contributed by atoms with E-state index in [2.05, 4.69) is 23.5 Å². The average molecular weight is 390 g/mol. The SMILES string of the molecule is CCN(CC)Cc1ccc(NS(=O)(=O)c2ccc(N(C)C(C)=O)cc2)cc1. The Hall–Kier alpha value is -2.38. The summed E-state index contributed by atoms with van der Waals surface area (Å²) in [5.74, 6) is -0.117. The fourth-order valence-electron chi connectivity index (χ4n) is 2.63. The lowest BCUT2D eigenvalue weighted by Crippen LogP contribution is -2.22. The summed E-state index contributed by atoms with van der Waals surface area (Å²) < 4.78 is 27.7. The smallest absolute Gasteiger partial charge is 0.261 e. The van der Waals surface area contributed by atoms with Crippen LogP contribution in [0.2, 0.25) is 0 Å². The third kappa shape index (κ3) is 5.55. The fourth-order valence-corrected chi connectivity index (χ4v) is 3.69. The minimum absolute atomic E-state index is 0.117. The van der Waals surface area contributed by atoms with Gasteiger partial charge < -0.3 is 4.90 Å². The Kier molecular flexibility index (Phi) is 6.98. The summed E-state index contributed by atoms with van der Waals surface area (Å²) in [7, 11) is -2.04. The second kappa shape index (κ2) is 9.01. The van der Waals surface area contributed by atoms with E-state index in [1.54, 1.807) is 31.3 Å². The third-order valence-corrected chi connectivity index (χ3v) is 5.91. The number of amides is 1. The van der Waals surface area contributed by atoms with Gasteiger partial charge in [0.1, 0.15) is 0 Å². The van der Waals surface area contributed by atoms with Crippen molar-refractivity contribution in [1.29, 1.82) is 0 Å². The number of carbonyl (C=O) groups excluding carboxylic acids is 1. The Morgan fingerprint density at radius 1 is 0.963 bits per heavy atom. The minimum atomic E-state index is -3.69. The van der Waals surface area contributed by atoms with E-state index in [9.17, 15) is 13.2 Å². The molecule has 146 valence electrons. The van der Waals surface area contributed by atoms with Crippen LogP contribution in [0, 0.1) is 0 Å². The van der Waals surface area contributed by atoms with E-state index < -0.39 is 10.0 Å². The molecule has 0 atom stereocenters. The topological polar surface area (TPSA) is 69.7 Å². The third-order valence-electron chi connectivity index (χ3n) is 4.51. The highest BCUT2D eigenvalue weighted by Crippen LogP contribution is 2.20. The van der Waals surface area contributed by atoms with Gasteiger partial charge >= 0.3 is 0 Å². The summed E-state index contributed by atoms with van der Waals surface area (Å²) in [4.78, 5) is 15.3. The number of anilines is 2. The van der Waals surface area contributed by atoms with E-state index in [4.69, 9.17) is 0 Å². The van der Waals surface area contributed by atoms with Crippen molar-refractivity contribution in [2.24, 2.45) is 0 Å². The number of hydrogen-bond acceptors (Lipinski definition) is 4. The van der Waals surface area contributed by atoms with Crippen LogP contribution in [0.3, 0.4) is 0 Å². The number of nitrogens with zero attached hydrogens (tertiary/aromatic N) is 2. The standard InChI is InChI=1S/C20H27N3O3S/c1-5-23(6-2)15-17-7-9-18(10-8-17)21-27(25,26)20-13-11-19(12-14-20)22(4)16(3)24/h7-14,21H,5-6,15H2,1-4H3. The van der Waals surface area contributed by atoms with E-state index in [-0.39, 0.29) is 10.8 Å². The van der Waals surface area contributed by atoms with Crippen molar-refractivity contribution in [2.75, 3.05) is 29.8 Å². The number of benzene rings is 2. The Balaban J connectivity index is 2.10. The van der Waals surface area contributed by atoms with Crippen LogP contribution < -0.4 is 9.62 Å². The van der Waals surface area contributed by atoms with Crippen LogP contribution in [-0.4, -0.2) is 39.4 Å². The first-order valence-corrected chi connectivity index (χ1v) is 10.4. The molecule has 0 radical (unpaired) electrons. The van der Waals surface area contributed by atoms with Gasteiger partial charge in [0, 0.05) is 31.9 Å². The number of sulfonamides is 1. The predicted molar refractivity (Wildman–Crippen MR) is 109 cm³/mol. The van der Waals surface area contributed by atoms with Gasteiger partial charge in [0.15, 0.2) is 0 Å². The number of hydrogen-bond donors (Lipinski definition) is 1. The maximum absolute atomic E-state index is 12.6. The summed E-state index contributed by atoms with van der Waals surface area (Å²) in [6.07, 6.45) is 0. The fraction of sp³-hybridized carbons (Fsp3) is 0.350. The van der Waals surface area contributed by atoms with Gasteiger partial charge in [-0.15, -0.1) is 0 Å². The van der Waals surface area contributed by atoms with Gasteiger partial charge in [0.2, 0.25) is 5.91 Å². The average Bonchev–Trinajstić information content (AvgIpc) is 2.66. The molecule has 0 aliphatic carbocycles. The van der Waals surface area contributed by atoms with Crippen LogP contribution in [0.15, 0.2) is 53.4 Å². The van der Waals surface area contributed by atoms with Gasteiger partial charge in [0.05, 0.1) is 4.90 Å². The van der Waals surface area contributed by atoms with Crippen molar-refractivity contribution < 1.29 is 13.2 Å². The van der Waals surface area contributed by atoms with Crippen LogP contribution in [-0.2, 0) is 21.4 Å². The van der Waals surface area contributed by atoms with Crippen LogP contribution in [0.1, 0.15) is 26.3 Å². The Morgan fingerprint density at radius 3 is 2.00 bits per heavy atom. The maximum Gasteiger partial charge on any atom is 0.261 e. The minimum Gasteiger partial charge on any atom is -0.316 e.